The van der Waals surface area contributed by atoms with Gasteiger partial charge in [0.1, 0.15) is 23.7 Å². The number of nitrogens with zero attached hydrogens (tertiary/aromatic N) is 3. The molecule has 7 nitrogen and oxygen atoms in total. The summed E-state index contributed by atoms with van der Waals surface area (Å²) in [6.45, 7) is 1.49. The molecule has 0 fully saturated rings. The predicted octanol–water partition coefficient (Wildman–Crippen LogP) is 1.76. The topological polar surface area (TPSA) is 108 Å². The number of rotatable bonds is 5. The molecule has 7 heteroatoms. The Morgan fingerprint density at radius 3 is 3.06 bits per heavy atom. The zero-order chi connectivity index (χ0) is 12.0. The van der Waals surface area contributed by atoms with E-state index in [9.17, 15) is 4.79 Å². The summed E-state index contributed by atoms with van der Waals surface area (Å²) >= 11 is 0. The van der Waals surface area contributed by atoms with Gasteiger partial charge in [-0.3, -0.25) is 0 Å². The van der Waals surface area contributed by atoms with Crippen molar-refractivity contribution in [3.8, 4) is 0 Å². The first-order chi connectivity index (χ1) is 7.72. The maximum atomic E-state index is 11.5. The number of aliphatic hydroxyl groups excluding tert-OH is 1. The predicted molar refractivity (Wildman–Crippen MR) is 53.4 cm³/mol. The van der Waals surface area contributed by atoms with E-state index in [2.05, 4.69) is 10.0 Å². The Morgan fingerprint density at radius 2 is 2.50 bits per heavy atom. The van der Waals surface area contributed by atoms with Crippen LogP contribution < -0.4 is 0 Å². The van der Waals surface area contributed by atoms with Gasteiger partial charge in [-0.1, -0.05) is 5.11 Å². The number of hydrogen-bond donors (Lipinski definition) is 1. The number of furan rings is 1. The third kappa shape index (κ3) is 2.75. The van der Waals surface area contributed by atoms with Gasteiger partial charge in [0.25, 0.3) is 0 Å². The van der Waals surface area contributed by atoms with Crippen LogP contribution in [0.1, 0.15) is 28.8 Å². The minimum atomic E-state index is -0.561. The molecule has 16 heavy (non-hydrogen) atoms. The van der Waals surface area contributed by atoms with Gasteiger partial charge in [-0.25, -0.2) is 4.79 Å². The van der Waals surface area contributed by atoms with Gasteiger partial charge >= 0.3 is 5.97 Å². The third-order valence-electron chi connectivity index (χ3n) is 1.79. The summed E-state index contributed by atoms with van der Waals surface area (Å²) in [5, 5.41) is 12.2. The fourth-order valence-electron chi connectivity index (χ4n) is 1.16. The number of esters is 1. The molecule has 1 heterocycles. The Hall–Kier alpha value is -1.98. The van der Waals surface area contributed by atoms with Gasteiger partial charge in [0.2, 0.25) is 0 Å². The average Bonchev–Trinajstić information content (AvgIpc) is 2.70. The number of azide groups is 1. The Kier molecular flexibility index (Phi) is 4.38. The van der Waals surface area contributed by atoms with E-state index in [1.807, 2.05) is 0 Å². The molecule has 0 radical (unpaired) electrons. The van der Waals surface area contributed by atoms with E-state index in [4.69, 9.17) is 19.8 Å². The Labute approximate surface area is 91.3 Å². The summed E-state index contributed by atoms with van der Waals surface area (Å²) < 4.78 is 9.91. The summed E-state index contributed by atoms with van der Waals surface area (Å²) in [4.78, 5) is 14.0. The number of aliphatic hydroxyl groups is 1. The molecule has 0 saturated heterocycles. The van der Waals surface area contributed by atoms with Crippen molar-refractivity contribution in [1.29, 1.82) is 0 Å². The number of carbonyl (C=O) groups excluding carboxylic acids is 1. The monoisotopic (exact) mass is 225 g/mol. The van der Waals surface area contributed by atoms with Crippen molar-refractivity contribution in [1.82, 2.24) is 0 Å². The summed E-state index contributed by atoms with van der Waals surface area (Å²) in [5.74, 6) is -0.138. The maximum Gasteiger partial charge on any atom is 0.341 e. The van der Waals surface area contributed by atoms with E-state index in [-0.39, 0.29) is 36.8 Å². The summed E-state index contributed by atoms with van der Waals surface area (Å²) in [6, 6.07) is 1.38. The zero-order valence-electron chi connectivity index (χ0n) is 8.71. The number of ether oxygens (including phenoxy) is 1. The van der Waals surface area contributed by atoms with Crippen LogP contribution >= 0.6 is 0 Å². The first-order valence-electron chi connectivity index (χ1n) is 4.63. The lowest BCUT2D eigenvalue weighted by Crippen LogP contribution is -2.05. The van der Waals surface area contributed by atoms with E-state index in [1.54, 1.807) is 6.92 Å². The molecule has 1 aromatic heterocycles. The molecule has 0 aliphatic carbocycles. The van der Waals surface area contributed by atoms with Gasteiger partial charge < -0.3 is 14.3 Å². The smallest absolute Gasteiger partial charge is 0.341 e. The number of carbonyl (C=O) groups is 1. The second kappa shape index (κ2) is 5.79. The molecule has 0 bridgehead atoms. The van der Waals surface area contributed by atoms with Gasteiger partial charge in [0.15, 0.2) is 0 Å². The molecule has 1 rings (SSSR count). The fraction of sp³-hybridized carbons (Fsp3) is 0.444. The quantitative estimate of drug-likeness (QED) is 0.356. The van der Waals surface area contributed by atoms with E-state index >= 15 is 0 Å². The molecule has 0 amide bonds. The van der Waals surface area contributed by atoms with Crippen molar-refractivity contribution in [3.63, 3.8) is 0 Å². The SMILES string of the molecule is CCOC(=O)c1cc(CO)oc1CN=[N+]=[N-]. The van der Waals surface area contributed by atoms with Crippen LogP contribution in [0.3, 0.4) is 0 Å². The second-order valence-corrected chi connectivity index (χ2v) is 2.82. The molecule has 1 aromatic rings. The summed E-state index contributed by atoms with van der Waals surface area (Å²) in [5.41, 5.74) is 8.35. The van der Waals surface area contributed by atoms with Crippen molar-refractivity contribution in [3.05, 3.63) is 33.6 Å². The van der Waals surface area contributed by atoms with E-state index < -0.39 is 5.97 Å². The highest BCUT2D eigenvalue weighted by molar-refractivity contribution is 5.90. The Bertz CT molecular complexity index is 420. The first kappa shape index (κ1) is 12.1. The fourth-order valence-corrected chi connectivity index (χ4v) is 1.16. The lowest BCUT2D eigenvalue weighted by Gasteiger charge is -1.99. The van der Waals surface area contributed by atoms with Gasteiger partial charge in [-0.05, 0) is 18.5 Å². The molecule has 0 saturated carbocycles. The van der Waals surface area contributed by atoms with Crippen LogP contribution in [0.5, 0.6) is 0 Å². The number of hydrogen-bond acceptors (Lipinski definition) is 5. The zero-order valence-corrected chi connectivity index (χ0v) is 8.71. The normalized spacial score (nSPS) is 9.62. The van der Waals surface area contributed by atoms with Gasteiger partial charge in [0, 0.05) is 4.91 Å². The molecule has 86 valence electrons. The van der Waals surface area contributed by atoms with E-state index in [1.165, 1.54) is 6.07 Å². The Morgan fingerprint density at radius 1 is 1.75 bits per heavy atom. The molecule has 0 atom stereocenters. The van der Waals surface area contributed by atoms with Crippen LogP contribution in [0, 0.1) is 0 Å². The van der Waals surface area contributed by atoms with Crippen molar-refractivity contribution < 1.29 is 19.1 Å². The minimum absolute atomic E-state index is 0.0926. The molecule has 1 N–H and O–H groups in total. The standard InChI is InChI=1S/C9H11N3O4/c1-2-15-9(14)7-3-6(5-13)16-8(7)4-11-12-10/h3,13H,2,4-5H2,1H3. The molecule has 0 aliphatic heterocycles. The van der Waals surface area contributed by atoms with E-state index in [0.29, 0.717) is 0 Å². The van der Waals surface area contributed by atoms with Gasteiger partial charge in [-0.15, -0.1) is 0 Å². The minimum Gasteiger partial charge on any atom is -0.463 e. The maximum absolute atomic E-state index is 11.5. The van der Waals surface area contributed by atoms with Crippen molar-refractivity contribution in [2.45, 2.75) is 20.1 Å². The summed E-state index contributed by atoms with van der Waals surface area (Å²) in [7, 11) is 0. The van der Waals surface area contributed by atoms with Crippen molar-refractivity contribution in [2.24, 2.45) is 5.11 Å². The Balaban J connectivity index is 2.99. The van der Waals surface area contributed by atoms with E-state index in [0.717, 1.165) is 0 Å². The highest BCUT2D eigenvalue weighted by Crippen LogP contribution is 2.18. The van der Waals surface area contributed by atoms with Crippen LogP contribution in [0.4, 0.5) is 0 Å². The molecular weight excluding hydrogens is 214 g/mol. The molecule has 0 spiro atoms. The lowest BCUT2D eigenvalue weighted by molar-refractivity contribution is 0.0524. The van der Waals surface area contributed by atoms with Gasteiger partial charge in [-0.2, -0.15) is 0 Å². The molecular formula is C9H11N3O4. The lowest BCUT2D eigenvalue weighted by atomic mass is 10.2. The van der Waals surface area contributed by atoms with Crippen LogP contribution in [0.2, 0.25) is 0 Å². The molecule has 0 aliphatic rings. The highest BCUT2D eigenvalue weighted by atomic mass is 16.5. The van der Waals surface area contributed by atoms with Crippen LogP contribution in [-0.2, 0) is 17.9 Å². The highest BCUT2D eigenvalue weighted by Gasteiger charge is 2.17. The van der Waals surface area contributed by atoms with Crippen molar-refractivity contribution in [2.75, 3.05) is 6.61 Å². The average molecular weight is 225 g/mol. The first-order valence-corrected chi connectivity index (χ1v) is 4.63. The molecule has 0 aromatic carbocycles. The van der Waals surface area contributed by atoms with Crippen LogP contribution in [0.15, 0.2) is 15.6 Å². The largest absolute Gasteiger partial charge is 0.463 e. The molecule has 0 unspecified atom stereocenters. The summed E-state index contributed by atoms with van der Waals surface area (Å²) in [6.07, 6.45) is 0. The van der Waals surface area contributed by atoms with Crippen molar-refractivity contribution >= 4 is 5.97 Å². The van der Waals surface area contributed by atoms with Gasteiger partial charge in [0.05, 0.1) is 13.2 Å². The third-order valence-corrected chi connectivity index (χ3v) is 1.79. The van der Waals surface area contributed by atoms with Crippen LogP contribution in [0.25, 0.3) is 10.4 Å². The van der Waals surface area contributed by atoms with Crippen LogP contribution in [-0.4, -0.2) is 17.7 Å². The second-order valence-electron chi connectivity index (χ2n) is 2.82.